The van der Waals surface area contributed by atoms with E-state index >= 15 is 0 Å². The van der Waals surface area contributed by atoms with Crippen molar-refractivity contribution in [3.05, 3.63) is 0 Å². The largest absolute Gasteiger partial charge is 0.479 e. The summed E-state index contributed by atoms with van der Waals surface area (Å²) < 4.78 is 5.03. The van der Waals surface area contributed by atoms with E-state index < -0.39 is 0 Å². The molecule has 0 atom stereocenters. The lowest BCUT2D eigenvalue weighted by Gasteiger charge is -1.94. The van der Waals surface area contributed by atoms with E-state index in [0.717, 1.165) is 12.3 Å². The fraction of sp³-hybridized carbons (Fsp3) is 0.800. The van der Waals surface area contributed by atoms with E-state index in [0.29, 0.717) is 13.2 Å². The van der Waals surface area contributed by atoms with Crippen LogP contribution in [0.15, 0.2) is 5.16 Å². The van der Waals surface area contributed by atoms with Crippen LogP contribution in [-0.2, 0) is 9.57 Å². The molecule has 0 aromatic rings. The summed E-state index contributed by atoms with van der Waals surface area (Å²) in [6, 6.07) is 0. The molecule has 0 N–H and O–H groups in total. The molecule has 1 rings (SSSR count). The van der Waals surface area contributed by atoms with Gasteiger partial charge in [-0.1, -0.05) is 5.16 Å². The van der Waals surface area contributed by atoms with Gasteiger partial charge in [-0.15, -0.1) is 0 Å². The van der Waals surface area contributed by atoms with E-state index in [9.17, 15) is 0 Å². The highest BCUT2D eigenvalue weighted by Gasteiger charge is 2.06. The van der Waals surface area contributed by atoms with E-state index in [1.807, 2.05) is 6.92 Å². The molecule has 3 heteroatoms. The fourth-order valence-corrected chi connectivity index (χ4v) is 0.561. The van der Waals surface area contributed by atoms with Gasteiger partial charge in [0.2, 0.25) is 5.90 Å². The lowest BCUT2D eigenvalue weighted by molar-refractivity contribution is 0.171. The Hall–Kier alpha value is -0.730. The van der Waals surface area contributed by atoms with Gasteiger partial charge in [-0.05, 0) is 6.92 Å². The molecule has 1 aliphatic heterocycles. The van der Waals surface area contributed by atoms with Crippen molar-refractivity contribution in [2.45, 2.75) is 13.3 Å². The van der Waals surface area contributed by atoms with Gasteiger partial charge in [0.15, 0.2) is 0 Å². The van der Waals surface area contributed by atoms with E-state index in [-0.39, 0.29) is 0 Å². The van der Waals surface area contributed by atoms with Gasteiger partial charge in [-0.25, -0.2) is 0 Å². The Morgan fingerprint density at radius 3 is 3.25 bits per heavy atom. The van der Waals surface area contributed by atoms with Crippen molar-refractivity contribution < 1.29 is 9.57 Å². The molecule has 0 saturated heterocycles. The summed E-state index contributed by atoms with van der Waals surface area (Å²) in [5.41, 5.74) is 0. The zero-order valence-corrected chi connectivity index (χ0v) is 4.89. The highest BCUT2D eigenvalue weighted by Crippen LogP contribution is 1.99. The maximum atomic E-state index is 5.03. The summed E-state index contributed by atoms with van der Waals surface area (Å²) in [5, 5.41) is 3.62. The third kappa shape index (κ3) is 1.12. The van der Waals surface area contributed by atoms with Crippen molar-refractivity contribution in [1.82, 2.24) is 0 Å². The van der Waals surface area contributed by atoms with Gasteiger partial charge in [-0.2, -0.15) is 0 Å². The monoisotopic (exact) mass is 115 g/mol. The SMILES string of the molecule is CCOC1=NOCC1. The molecule has 1 aliphatic rings. The third-order valence-corrected chi connectivity index (χ3v) is 0.885. The molecule has 46 valence electrons. The Labute approximate surface area is 48.3 Å². The second-order valence-corrected chi connectivity index (χ2v) is 1.50. The summed E-state index contributed by atoms with van der Waals surface area (Å²) in [6.45, 7) is 3.29. The van der Waals surface area contributed by atoms with Crippen molar-refractivity contribution in [2.75, 3.05) is 13.2 Å². The lowest BCUT2D eigenvalue weighted by atomic mass is 10.5. The van der Waals surface area contributed by atoms with Crippen molar-refractivity contribution in [2.24, 2.45) is 5.16 Å². The van der Waals surface area contributed by atoms with Gasteiger partial charge in [0.05, 0.1) is 13.0 Å². The van der Waals surface area contributed by atoms with Gasteiger partial charge in [0, 0.05) is 0 Å². The molecule has 0 amide bonds. The number of hydrogen-bond acceptors (Lipinski definition) is 3. The zero-order chi connectivity index (χ0) is 5.82. The predicted octanol–water partition coefficient (Wildman–Crippen LogP) is 0.757. The molecule has 0 saturated carbocycles. The van der Waals surface area contributed by atoms with Gasteiger partial charge in [0.1, 0.15) is 6.61 Å². The van der Waals surface area contributed by atoms with Gasteiger partial charge in [-0.3, -0.25) is 0 Å². The van der Waals surface area contributed by atoms with E-state index in [4.69, 9.17) is 4.74 Å². The zero-order valence-electron chi connectivity index (χ0n) is 4.89. The first-order valence-electron chi connectivity index (χ1n) is 2.75. The molecule has 0 radical (unpaired) electrons. The predicted molar refractivity (Wildman–Crippen MR) is 29.6 cm³/mol. The van der Waals surface area contributed by atoms with Crippen molar-refractivity contribution in [3.63, 3.8) is 0 Å². The highest BCUT2D eigenvalue weighted by atomic mass is 16.7. The minimum Gasteiger partial charge on any atom is -0.479 e. The average Bonchev–Trinajstić information content (AvgIpc) is 2.19. The minimum absolute atomic E-state index is 0.676. The maximum absolute atomic E-state index is 5.03. The number of hydrogen-bond donors (Lipinski definition) is 0. The average molecular weight is 115 g/mol. The van der Waals surface area contributed by atoms with Crippen LogP contribution in [0.5, 0.6) is 0 Å². The first-order chi connectivity index (χ1) is 3.93. The molecule has 0 aromatic heterocycles. The normalized spacial score (nSPS) is 17.4. The van der Waals surface area contributed by atoms with Crippen LogP contribution in [0.1, 0.15) is 13.3 Å². The molecule has 8 heavy (non-hydrogen) atoms. The Kier molecular flexibility index (Phi) is 1.72. The quantitative estimate of drug-likeness (QED) is 0.505. The van der Waals surface area contributed by atoms with Gasteiger partial charge in [0.25, 0.3) is 0 Å². The van der Waals surface area contributed by atoms with Gasteiger partial charge < -0.3 is 9.57 Å². The number of nitrogens with zero attached hydrogens (tertiary/aromatic N) is 1. The minimum atomic E-state index is 0.676. The molecule has 3 nitrogen and oxygen atoms in total. The van der Waals surface area contributed by atoms with Gasteiger partial charge >= 0.3 is 0 Å². The summed E-state index contributed by atoms with van der Waals surface area (Å²) in [5.74, 6) is 0.729. The van der Waals surface area contributed by atoms with E-state index in [1.54, 1.807) is 0 Å². The molecule has 0 unspecified atom stereocenters. The standard InChI is InChI=1S/C5H9NO2/c1-2-7-5-3-4-8-6-5/h2-4H2,1H3. The van der Waals surface area contributed by atoms with Crippen LogP contribution in [0.4, 0.5) is 0 Å². The highest BCUT2D eigenvalue weighted by molar-refractivity contribution is 5.76. The van der Waals surface area contributed by atoms with Crippen LogP contribution in [-0.4, -0.2) is 19.1 Å². The summed E-state index contributed by atoms with van der Waals surface area (Å²) >= 11 is 0. The number of ether oxygens (including phenoxy) is 1. The molecule has 1 heterocycles. The first-order valence-corrected chi connectivity index (χ1v) is 2.75. The van der Waals surface area contributed by atoms with Crippen LogP contribution >= 0.6 is 0 Å². The Balaban J connectivity index is 2.23. The Morgan fingerprint density at radius 2 is 2.75 bits per heavy atom. The van der Waals surface area contributed by atoms with Crippen molar-refractivity contribution in [3.8, 4) is 0 Å². The van der Waals surface area contributed by atoms with E-state index in [1.165, 1.54) is 0 Å². The van der Waals surface area contributed by atoms with Crippen LogP contribution in [0.3, 0.4) is 0 Å². The molecular formula is C5H9NO2. The molecule has 0 aliphatic carbocycles. The van der Waals surface area contributed by atoms with E-state index in [2.05, 4.69) is 9.99 Å². The second kappa shape index (κ2) is 2.55. The maximum Gasteiger partial charge on any atom is 0.229 e. The topological polar surface area (TPSA) is 30.8 Å². The number of rotatable bonds is 1. The first kappa shape index (κ1) is 5.41. The summed E-state index contributed by atoms with van der Waals surface area (Å²) in [4.78, 5) is 4.67. The van der Waals surface area contributed by atoms with Crippen molar-refractivity contribution >= 4 is 5.90 Å². The molecule has 0 aromatic carbocycles. The van der Waals surface area contributed by atoms with Crippen LogP contribution < -0.4 is 0 Å². The molecule has 0 bridgehead atoms. The van der Waals surface area contributed by atoms with Crippen LogP contribution in [0.25, 0.3) is 0 Å². The second-order valence-electron chi connectivity index (χ2n) is 1.50. The third-order valence-electron chi connectivity index (χ3n) is 0.885. The van der Waals surface area contributed by atoms with Crippen LogP contribution in [0.2, 0.25) is 0 Å². The summed E-state index contributed by atoms with van der Waals surface area (Å²) in [6.07, 6.45) is 0.827. The van der Waals surface area contributed by atoms with Crippen LogP contribution in [0, 0.1) is 0 Å². The lowest BCUT2D eigenvalue weighted by Crippen LogP contribution is -1.99. The smallest absolute Gasteiger partial charge is 0.229 e. The Morgan fingerprint density at radius 1 is 1.88 bits per heavy atom. The molecular weight excluding hydrogens is 106 g/mol. The fourth-order valence-electron chi connectivity index (χ4n) is 0.561. The number of oxime groups is 1. The summed E-state index contributed by atoms with van der Waals surface area (Å²) in [7, 11) is 0. The van der Waals surface area contributed by atoms with Crippen molar-refractivity contribution in [1.29, 1.82) is 0 Å². The Bertz CT molecular complexity index is 101. The molecule has 0 fully saturated rings. The molecule has 0 spiro atoms.